The van der Waals surface area contributed by atoms with Crippen LogP contribution in [0.25, 0.3) is 33.1 Å². The number of Topliss-reactive ketones (excluding diaryl/α,β-unsaturated/α-hetero) is 1. The molecule has 0 amide bonds. The molecule has 5 nitrogen and oxygen atoms in total. The summed E-state index contributed by atoms with van der Waals surface area (Å²) in [7, 11) is 0. The van der Waals surface area contributed by atoms with E-state index in [1.54, 1.807) is 0 Å². The van der Waals surface area contributed by atoms with E-state index >= 15 is 0 Å². The van der Waals surface area contributed by atoms with Gasteiger partial charge in [0.25, 0.3) is 0 Å². The second-order valence-corrected chi connectivity index (χ2v) is 7.73. The van der Waals surface area contributed by atoms with Gasteiger partial charge in [-0.05, 0) is 29.7 Å². The third kappa shape index (κ3) is 3.81. The monoisotopic (exact) mass is 422 g/mol. The normalized spacial score (nSPS) is 11.1. The Balaban J connectivity index is 1.30. The first kappa shape index (κ1) is 19.8. The molecule has 0 bridgehead atoms. The first-order valence-electron chi connectivity index (χ1n) is 10.6. The number of aryl methyl sites for hydroxylation is 1. The van der Waals surface area contributed by atoms with E-state index in [0.717, 1.165) is 38.6 Å². The number of ketones is 1. The average molecular weight is 422 g/mol. The minimum Gasteiger partial charge on any atom is -0.457 e. The van der Waals surface area contributed by atoms with Gasteiger partial charge in [-0.1, -0.05) is 66.7 Å². The van der Waals surface area contributed by atoms with Crippen LogP contribution in [0.3, 0.4) is 0 Å². The number of fused-ring (bicyclic) bond motifs is 2. The minimum atomic E-state index is -0.385. The molecule has 0 unspecified atom stereocenters. The van der Waals surface area contributed by atoms with Crippen molar-refractivity contribution in [3.63, 3.8) is 0 Å². The van der Waals surface area contributed by atoms with Crippen molar-refractivity contribution in [3.8, 4) is 11.3 Å². The second kappa shape index (κ2) is 8.55. The maximum atomic E-state index is 13.1. The van der Waals surface area contributed by atoms with Crippen molar-refractivity contribution >= 4 is 33.6 Å². The second-order valence-electron chi connectivity index (χ2n) is 7.73. The summed E-state index contributed by atoms with van der Waals surface area (Å²) in [6.45, 7) is -0.283. The maximum Gasteiger partial charge on any atom is 0.306 e. The van der Waals surface area contributed by atoms with Crippen molar-refractivity contribution in [2.75, 3.05) is 6.61 Å². The Morgan fingerprint density at radius 2 is 1.47 bits per heavy atom. The Morgan fingerprint density at radius 3 is 2.28 bits per heavy atom. The van der Waals surface area contributed by atoms with Gasteiger partial charge in [0.1, 0.15) is 0 Å². The lowest BCUT2D eigenvalue weighted by atomic mass is 10.0. The van der Waals surface area contributed by atoms with E-state index in [9.17, 15) is 9.59 Å². The highest BCUT2D eigenvalue weighted by Gasteiger charge is 2.20. The number of hydrogen-bond donors (Lipinski definition) is 2. The number of carbonyl (C=O) groups excluding carboxylic acids is 2. The molecule has 2 N–H and O–H groups in total. The van der Waals surface area contributed by atoms with Crippen molar-refractivity contribution in [1.82, 2.24) is 9.97 Å². The van der Waals surface area contributed by atoms with E-state index in [2.05, 4.69) is 9.97 Å². The molecule has 0 saturated carbocycles. The molecule has 0 radical (unpaired) electrons. The number of H-pyrrole nitrogens is 2. The zero-order valence-corrected chi connectivity index (χ0v) is 17.4. The van der Waals surface area contributed by atoms with Gasteiger partial charge < -0.3 is 14.7 Å². The summed E-state index contributed by atoms with van der Waals surface area (Å²) >= 11 is 0. The van der Waals surface area contributed by atoms with Crippen LogP contribution in [0.4, 0.5) is 0 Å². The predicted octanol–water partition coefficient (Wildman–Crippen LogP) is 5.67. The molecule has 2 aromatic heterocycles. The standard InChI is InChI=1S/C27H22N2O3/c30-24(17-32-25(31)15-14-19-16-28-22-12-6-4-10-20(19)22)26-21-11-5-7-13-23(21)29-27(26)18-8-2-1-3-9-18/h1-13,16,28-29H,14-15,17H2. The number of benzene rings is 3. The fourth-order valence-electron chi connectivity index (χ4n) is 4.12. The molecule has 0 fully saturated rings. The summed E-state index contributed by atoms with van der Waals surface area (Å²) in [4.78, 5) is 32.1. The summed E-state index contributed by atoms with van der Waals surface area (Å²) in [6, 6.07) is 25.3. The zero-order chi connectivity index (χ0) is 21.9. The first-order valence-corrected chi connectivity index (χ1v) is 10.6. The number of aromatic amines is 2. The highest BCUT2D eigenvalue weighted by atomic mass is 16.5. The number of esters is 1. The van der Waals surface area contributed by atoms with Crippen LogP contribution in [0.1, 0.15) is 22.3 Å². The van der Waals surface area contributed by atoms with E-state index in [1.165, 1.54) is 0 Å². The van der Waals surface area contributed by atoms with Gasteiger partial charge >= 0.3 is 5.97 Å². The quantitative estimate of drug-likeness (QED) is 0.262. The third-order valence-electron chi connectivity index (χ3n) is 5.69. The number of hydrogen-bond acceptors (Lipinski definition) is 3. The third-order valence-corrected chi connectivity index (χ3v) is 5.69. The molecular weight excluding hydrogens is 400 g/mol. The minimum absolute atomic E-state index is 0.217. The lowest BCUT2D eigenvalue weighted by Crippen LogP contribution is -2.15. The molecule has 158 valence electrons. The van der Waals surface area contributed by atoms with Crippen LogP contribution < -0.4 is 0 Å². The van der Waals surface area contributed by atoms with Crippen molar-refractivity contribution in [2.24, 2.45) is 0 Å². The fourth-order valence-corrected chi connectivity index (χ4v) is 4.12. The van der Waals surface area contributed by atoms with Crippen molar-refractivity contribution in [1.29, 1.82) is 0 Å². The Hall–Kier alpha value is -4.12. The van der Waals surface area contributed by atoms with Crippen molar-refractivity contribution < 1.29 is 14.3 Å². The van der Waals surface area contributed by atoms with Gasteiger partial charge in [-0.25, -0.2) is 0 Å². The lowest BCUT2D eigenvalue weighted by Gasteiger charge is -2.07. The molecule has 5 rings (SSSR count). The van der Waals surface area contributed by atoms with Gasteiger partial charge in [-0.2, -0.15) is 0 Å². The van der Waals surface area contributed by atoms with E-state index in [-0.39, 0.29) is 24.8 Å². The molecular formula is C27H22N2O3. The van der Waals surface area contributed by atoms with Crippen molar-refractivity contribution in [3.05, 3.63) is 96.2 Å². The Labute approximate surface area is 185 Å². The van der Waals surface area contributed by atoms with Crippen LogP contribution in [-0.4, -0.2) is 28.3 Å². The summed E-state index contributed by atoms with van der Waals surface area (Å²) in [6.07, 6.45) is 2.69. The summed E-state index contributed by atoms with van der Waals surface area (Å²) in [5.74, 6) is -0.605. The zero-order valence-electron chi connectivity index (χ0n) is 17.4. The van der Waals surface area contributed by atoms with Gasteiger partial charge in [0.2, 0.25) is 5.78 Å². The molecule has 5 heteroatoms. The Bertz CT molecular complexity index is 1410. The van der Waals surface area contributed by atoms with Gasteiger partial charge in [-0.3, -0.25) is 9.59 Å². The number of aromatic nitrogens is 2. The topological polar surface area (TPSA) is 75.0 Å². The van der Waals surface area contributed by atoms with Crippen LogP contribution >= 0.6 is 0 Å². The van der Waals surface area contributed by atoms with Crippen LogP contribution in [0.2, 0.25) is 0 Å². The predicted molar refractivity (Wildman–Crippen MR) is 126 cm³/mol. The number of para-hydroxylation sites is 2. The maximum absolute atomic E-state index is 13.1. The Morgan fingerprint density at radius 1 is 0.781 bits per heavy atom. The van der Waals surface area contributed by atoms with Gasteiger partial charge in [-0.15, -0.1) is 0 Å². The highest BCUT2D eigenvalue weighted by Crippen LogP contribution is 2.30. The molecule has 0 saturated heterocycles. The lowest BCUT2D eigenvalue weighted by molar-refractivity contribution is -0.142. The van der Waals surface area contributed by atoms with Crippen LogP contribution in [0.5, 0.6) is 0 Å². The number of ether oxygens (including phenoxy) is 1. The first-order chi connectivity index (χ1) is 15.7. The highest BCUT2D eigenvalue weighted by molar-refractivity contribution is 6.14. The molecule has 32 heavy (non-hydrogen) atoms. The molecule has 0 aliphatic rings. The molecule has 5 aromatic rings. The summed E-state index contributed by atoms with van der Waals surface area (Å²) in [5.41, 5.74) is 5.19. The smallest absolute Gasteiger partial charge is 0.306 e. The molecule has 0 spiro atoms. The summed E-state index contributed by atoms with van der Waals surface area (Å²) < 4.78 is 5.37. The number of rotatable bonds is 7. The SMILES string of the molecule is O=C(CCc1c[nH]c2ccccc12)OCC(=O)c1c(-c2ccccc2)[nH]c2ccccc12. The van der Waals surface area contributed by atoms with E-state index in [0.29, 0.717) is 12.0 Å². The fraction of sp³-hybridized carbons (Fsp3) is 0.111. The largest absolute Gasteiger partial charge is 0.457 e. The van der Waals surface area contributed by atoms with Crippen LogP contribution in [-0.2, 0) is 16.0 Å². The van der Waals surface area contributed by atoms with Gasteiger partial charge in [0.05, 0.1) is 11.3 Å². The van der Waals surface area contributed by atoms with Gasteiger partial charge in [0.15, 0.2) is 6.61 Å². The van der Waals surface area contributed by atoms with E-state index < -0.39 is 0 Å². The molecule has 0 aliphatic carbocycles. The molecule has 0 atom stereocenters. The van der Waals surface area contributed by atoms with E-state index in [1.807, 2.05) is 85.1 Å². The molecule has 3 aromatic carbocycles. The van der Waals surface area contributed by atoms with Crippen LogP contribution in [0, 0.1) is 0 Å². The van der Waals surface area contributed by atoms with E-state index in [4.69, 9.17) is 4.74 Å². The molecule has 2 heterocycles. The van der Waals surface area contributed by atoms with Gasteiger partial charge in [0, 0.05) is 34.4 Å². The Kier molecular flexibility index (Phi) is 5.30. The number of nitrogens with one attached hydrogen (secondary N) is 2. The summed E-state index contributed by atoms with van der Waals surface area (Å²) in [5, 5.41) is 1.92. The number of carbonyl (C=O) groups is 2. The average Bonchev–Trinajstić information content (AvgIpc) is 3.43. The molecule has 0 aliphatic heterocycles. The van der Waals surface area contributed by atoms with Crippen molar-refractivity contribution in [2.45, 2.75) is 12.8 Å². The van der Waals surface area contributed by atoms with Crippen LogP contribution in [0.15, 0.2) is 85.1 Å².